The van der Waals surface area contributed by atoms with Crippen LogP contribution in [-0.4, -0.2) is 52.2 Å². The van der Waals surface area contributed by atoms with E-state index in [1.54, 1.807) is 24.3 Å². The van der Waals surface area contributed by atoms with Crippen LogP contribution in [0.1, 0.15) is 15.9 Å². The van der Waals surface area contributed by atoms with Gasteiger partial charge in [-0.1, -0.05) is 23.6 Å². The molecule has 2 aromatic rings. The first-order chi connectivity index (χ1) is 13.6. The molecule has 0 radical (unpaired) electrons. The molecule has 0 aliphatic rings. The first kappa shape index (κ1) is 22.4. The summed E-state index contributed by atoms with van der Waals surface area (Å²) in [6.07, 6.45) is 5.43. The third-order valence-electron chi connectivity index (χ3n) is 4.09. The number of sulfonamides is 1. The summed E-state index contributed by atoms with van der Waals surface area (Å²) in [5.74, 6) is 1.50. The fraction of sp³-hybridized carbons (Fsp3) is 0.200. The number of hydrogen-bond donors (Lipinski definition) is 1. The van der Waals surface area contributed by atoms with Crippen molar-refractivity contribution in [3.8, 4) is 12.3 Å². The maximum absolute atomic E-state index is 13.2. The third kappa shape index (κ3) is 4.95. The van der Waals surface area contributed by atoms with Crippen molar-refractivity contribution in [3.63, 3.8) is 0 Å². The molecule has 0 fully saturated rings. The molecule has 0 saturated carbocycles. The van der Waals surface area contributed by atoms with E-state index < -0.39 is 21.8 Å². The van der Waals surface area contributed by atoms with Gasteiger partial charge in [0, 0.05) is 38.0 Å². The highest BCUT2D eigenvalue weighted by atomic mass is 35.5. The first-order valence-corrected chi connectivity index (χ1v) is 10.2. The number of hydrogen-bond acceptors (Lipinski definition) is 4. The van der Waals surface area contributed by atoms with Crippen molar-refractivity contribution in [3.05, 3.63) is 58.6 Å². The fourth-order valence-electron chi connectivity index (χ4n) is 2.45. The van der Waals surface area contributed by atoms with Crippen molar-refractivity contribution in [2.24, 2.45) is 0 Å². The topological polar surface area (TPSA) is 86.8 Å². The molecule has 0 aliphatic heterocycles. The van der Waals surface area contributed by atoms with E-state index in [9.17, 15) is 18.0 Å². The quantitative estimate of drug-likeness (QED) is 0.705. The van der Waals surface area contributed by atoms with Crippen LogP contribution in [0.4, 0.5) is 5.69 Å². The molecule has 0 saturated heterocycles. The molecule has 2 amide bonds. The SMILES string of the molecule is C#Cc1cccc(N(CC(=O)NC)C(=O)c2ccc(Cl)c(S(=O)(=O)N(C)C)c2)c1. The standard InChI is InChI=1S/C20H20ClN3O4S/c1-5-14-7-6-8-16(11-14)24(13-19(25)22-2)20(26)15-9-10-17(21)18(12-15)29(27,28)23(3)4/h1,6-12H,13H2,2-4H3,(H,22,25). The lowest BCUT2D eigenvalue weighted by Crippen LogP contribution is -2.40. The van der Waals surface area contributed by atoms with Crippen molar-refractivity contribution in [2.45, 2.75) is 4.90 Å². The van der Waals surface area contributed by atoms with Gasteiger partial charge in [0.2, 0.25) is 15.9 Å². The molecule has 0 aliphatic carbocycles. The van der Waals surface area contributed by atoms with Gasteiger partial charge in [0.15, 0.2) is 0 Å². The number of terminal acetylenes is 1. The van der Waals surface area contributed by atoms with Crippen LogP contribution >= 0.6 is 11.6 Å². The average Bonchev–Trinajstić information content (AvgIpc) is 2.71. The van der Waals surface area contributed by atoms with Crippen molar-refractivity contribution in [1.82, 2.24) is 9.62 Å². The van der Waals surface area contributed by atoms with Gasteiger partial charge in [0.25, 0.3) is 5.91 Å². The number of rotatable bonds is 6. The summed E-state index contributed by atoms with van der Waals surface area (Å²) in [5.41, 5.74) is 0.995. The number of nitrogens with one attached hydrogen (secondary N) is 1. The van der Waals surface area contributed by atoms with Gasteiger partial charge in [-0.2, -0.15) is 0 Å². The highest BCUT2D eigenvalue weighted by Gasteiger charge is 2.25. The third-order valence-corrected chi connectivity index (χ3v) is 6.38. The number of anilines is 1. The lowest BCUT2D eigenvalue weighted by atomic mass is 10.1. The summed E-state index contributed by atoms with van der Waals surface area (Å²) in [5, 5.41) is 2.45. The molecule has 0 atom stereocenters. The summed E-state index contributed by atoms with van der Waals surface area (Å²) in [6, 6.07) is 10.5. The van der Waals surface area contributed by atoms with Crippen molar-refractivity contribution in [2.75, 3.05) is 32.6 Å². The second-order valence-corrected chi connectivity index (χ2v) is 8.72. The molecule has 7 nitrogen and oxygen atoms in total. The van der Waals surface area contributed by atoms with E-state index in [4.69, 9.17) is 18.0 Å². The number of benzene rings is 2. The van der Waals surface area contributed by atoms with Crippen LogP contribution in [0.5, 0.6) is 0 Å². The van der Waals surface area contributed by atoms with Crippen LogP contribution in [0.15, 0.2) is 47.4 Å². The Morgan fingerprint density at radius 3 is 2.45 bits per heavy atom. The molecular formula is C20H20ClN3O4S. The van der Waals surface area contributed by atoms with Gasteiger partial charge in [-0.3, -0.25) is 14.5 Å². The Balaban J connectivity index is 2.57. The van der Waals surface area contributed by atoms with Crippen LogP contribution in [0, 0.1) is 12.3 Å². The molecule has 0 unspecified atom stereocenters. The molecule has 9 heteroatoms. The lowest BCUT2D eigenvalue weighted by molar-refractivity contribution is -0.119. The molecule has 0 spiro atoms. The summed E-state index contributed by atoms with van der Waals surface area (Å²) in [6.45, 7) is -0.276. The second kappa shape index (κ2) is 9.09. The van der Waals surface area contributed by atoms with E-state index in [-0.39, 0.29) is 22.0 Å². The number of carbonyl (C=O) groups is 2. The maximum atomic E-state index is 13.2. The average molecular weight is 434 g/mol. The minimum atomic E-state index is -3.87. The Hall–Kier alpha value is -2.86. The van der Waals surface area contributed by atoms with Gasteiger partial charge in [-0.25, -0.2) is 12.7 Å². The Kier molecular flexibility index (Phi) is 7.03. The lowest BCUT2D eigenvalue weighted by Gasteiger charge is -2.23. The van der Waals surface area contributed by atoms with E-state index in [1.807, 2.05) is 0 Å². The highest BCUT2D eigenvalue weighted by Crippen LogP contribution is 2.26. The van der Waals surface area contributed by atoms with Crippen LogP contribution in [0.2, 0.25) is 5.02 Å². The van der Waals surface area contributed by atoms with Crippen molar-refractivity contribution >= 4 is 39.1 Å². The molecular weight excluding hydrogens is 414 g/mol. The van der Waals surface area contributed by atoms with Crippen LogP contribution in [-0.2, 0) is 14.8 Å². The first-order valence-electron chi connectivity index (χ1n) is 8.43. The zero-order valence-corrected chi connectivity index (χ0v) is 17.7. The summed E-state index contributed by atoms with van der Waals surface area (Å²) in [4.78, 5) is 26.2. The Morgan fingerprint density at radius 1 is 1.17 bits per heavy atom. The normalized spacial score (nSPS) is 11.0. The summed E-state index contributed by atoms with van der Waals surface area (Å²) < 4.78 is 26.0. The molecule has 2 aromatic carbocycles. The van der Waals surface area contributed by atoms with Gasteiger partial charge in [0.05, 0.1) is 5.02 Å². The molecule has 0 bridgehead atoms. The second-order valence-electron chi connectivity index (χ2n) is 6.19. The van der Waals surface area contributed by atoms with Crippen LogP contribution < -0.4 is 10.2 Å². The van der Waals surface area contributed by atoms with E-state index in [2.05, 4.69) is 11.2 Å². The van der Waals surface area contributed by atoms with E-state index >= 15 is 0 Å². The van der Waals surface area contributed by atoms with Gasteiger partial charge < -0.3 is 5.32 Å². The van der Waals surface area contributed by atoms with Gasteiger partial charge in [0.1, 0.15) is 11.4 Å². The Labute approximate surface area is 175 Å². The zero-order chi connectivity index (χ0) is 21.8. The number of nitrogens with zero attached hydrogens (tertiary/aromatic N) is 2. The number of carbonyl (C=O) groups excluding carboxylic acids is 2. The van der Waals surface area contributed by atoms with Crippen LogP contribution in [0.3, 0.4) is 0 Å². The minimum Gasteiger partial charge on any atom is -0.358 e. The predicted octanol–water partition coefficient (Wildman–Crippen LogP) is 1.96. The van der Waals surface area contributed by atoms with Crippen LogP contribution in [0.25, 0.3) is 0 Å². The number of likely N-dealkylation sites (N-methyl/N-ethyl adjacent to an activating group) is 1. The predicted molar refractivity (Wildman–Crippen MR) is 112 cm³/mol. The van der Waals surface area contributed by atoms with E-state index in [1.165, 1.54) is 44.2 Å². The zero-order valence-electron chi connectivity index (χ0n) is 16.1. The highest BCUT2D eigenvalue weighted by molar-refractivity contribution is 7.89. The van der Waals surface area contributed by atoms with Crippen molar-refractivity contribution < 1.29 is 18.0 Å². The van der Waals surface area contributed by atoms with E-state index in [0.29, 0.717) is 11.3 Å². The molecule has 29 heavy (non-hydrogen) atoms. The Morgan fingerprint density at radius 2 is 1.86 bits per heavy atom. The molecule has 0 heterocycles. The van der Waals surface area contributed by atoms with Gasteiger partial charge in [-0.05, 0) is 36.4 Å². The molecule has 2 rings (SSSR count). The minimum absolute atomic E-state index is 0.0116. The molecule has 1 N–H and O–H groups in total. The monoisotopic (exact) mass is 433 g/mol. The fourth-order valence-corrected chi connectivity index (χ4v) is 3.85. The number of halogens is 1. The summed E-state index contributed by atoms with van der Waals surface area (Å²) in [7, 11) is 0.313. The van der Waals surface area contributed by atoms with Gasteiger partial charge in [-0.15, -0.1) is 6.42 Å². The summed E-state index contributed by atoms with van der Waals surface area (Å²) >= 11 is 6.06. The van der Waals surface area contributed by atoms with Crippen molar-refractivity contribution in [1.29, 1.82) is 0 Å². The smallest absolute Gasteiger partial charge is 0.258 e. The van der Waals surface area contributed by atoms with Gasteiger partial charge >= 0.3 is 0 Å². The van der Waals surface area contributed by atoms with E-state index in [0.717, 1.165) is 4.31 Å². The maximum Gasteiger partial charge on any atom is 0.258 e. The molecule has 0 aromatic heterocycles. The number of amides is 2. The Bertz CT molecular complexity index is 1090. The largest absolute Gasteiger partial charge is 0.358 e. The molecule has 152 valence electrons.